The van der Waals surface area contributed by atoms with Gasteiger partial charge < -0.3 is 9.88 Å². The van der Waals surface area contributed by atoms with Crippen molar-refractivity contribution in [1.82, 2.24) is 19.7 Å². The summed E-state index contributed by atoms with van der Waals surface area (Å²) in [5.74, 6) is 0.398. The molecule has 0 saturated heterocycles. The Morgan fingerprint density at radius 2 is 2.14 bits per heavy atom. The molecule has 0 aliphatic rings. The summed E-state index contributed by atoms with van der Waals surface area (Å²) in [5, 5.41) is 9.92. The molecule has 3 rings (SSSR count). The first-order valence-electron chi connectivity index (χ1n) is 7.01. The number of rotatable bonds is 5. The van der Waals surface area contributed by atoms with Gasteiger partial charge in [0, 0.05) is 31.4 Å². The van der Waals surface area contributed by atoms with Gasteiger partial charge >= 0.3 is 0 Å². The van der Waals surface area contributed by atoms with Gasteiger partial charge in [0.2, 0.25) is 0 Å². The lowest BCUT2D eigenvalue weighted by Gasteiger charge is -2.11. The number of hydrogen-bond donors (Lipinski definition) is 2. The number of aromatic nitrogens is 4. The summed E-state index contributed by atoms with van der Waals surface area (Å²) in [6.45, 7) is 3.21. The highest BCUT2D eigenvalue weighted by molar-refractivity contribution is 5.76. The quantitative estimate of drug-likeness (QED) is 0.748. The molecule has 2 heterocycles. The van der Waals surface area contributed by atoms with Gasteiger partial charge in [0.1, 0.15) is 0 Å². The third-order valence-electron chi connectivity index (χ3n) is 3.41. The number of aromatic amines is 1. The second-order valence-electron chi connectivity index (χ2n) is 4.76. The number of fused-ring (bicyclic) bond motifs is 1. The molecule has 3 aromatic rings. The summed E-state index contributed by atoms with van der Waals surface area (Å²) < 4.78 is 1.74. The van der Waals surface area contributed by atoms with E-state index in [0.29, 0.717) is 18.9 Å². The fourth-order valence-electron chi connectivity index (χ4n) is 2.36. The highest BCUT2D eigenvalue weighted by Gasteiger charge is 2.09. The molecule has 1 aromatic carbocycles. The Bertz CT molecular complexity index is 791. The normalized spacial score (nSPS) is 10.9. The summed E-state index contributed by atoms with van der Waals surface area (Å²) in [6, 6.07) is 9.59. The van der Waals surface area contributed by atoms with E-state index in [1.807, 2.05) is 37.3 Å². The van der Waals surface area contributed by atoms with Crippen LogP contribution in [0.3, 0.4) is 0 Å². The number of benzene rings is 1. The van der Waals surface area contributed by atoms with E-state index in [1.54, 1.807) is 10.8 Å². The fourth-order valence-corrected chi connectivity index (χ4v) is 2.36. The Labute approximate surface area is 121 Å². The molecule has 0 spiro atoms. The minimum Gasteiger partial charge on any atom is -0.365 e. The van der Waals surface area contributed by atoms with E-state index in [-0.39, 0.29) is 5.56 Å². The van der Waals surface area contributed by atoms with Gasteiger partial charge in [-0.2, -0.15) is 5.10 Å². The van der Waals surface area contributed by atoms with Crippen LogP contribution in [0.1, 0.15) is 12.6 Å². The molecular weight excluding hydrogens is 266 g/mol. The Kier molecular flexibility index (Phi) is 3.68. The number of aryl methyl sites for hydroxylation is 1. The Hall–Kier alpha value is -2.63. The van der Waals surface area contributed by atoms with Crippen LogP contribution in [-0.4, -0.2) is 26.3 Å². The van der Waals surface area contributed by atoms with Crippen LogP contribution in [-0.2, 0) is 13.0 Å². The van der Waals surface area contributed by atoms with E-state index in [9.17, 15) is 4.79 Å². The maximum absolute atomic E-state index is 12.4. The highest BCUT2D eigenvalue weighted by Crippen LogP contribution is 2.11. The first kappa shape index (κ1) is 13.4. The zero-order valence-corrected chi connectivity index (χ0v) is 11.8. The molecule has 0 aliphatic heterocycles. The van der Waals surface area contributed by atoms with Crippen molar-refractivity contribution in [2.24, 2.45) is 0 Å². The van der Waals surface area contributed by atoms with Crippen LogP contribution in [0, 0.1) is 0 Å². The molecule has 0 radical (unpaired) electrons. The molecule has 0 fully saturated rings. The van der Waals surface area contributed by atoms with Crippen molar-refractivity contribution in [3.63, 3.8) is 0 Å². The Morgan fingerprint density at radius 3 is 2.90 bits per heavy atom. The molecule has 0 unspecified atom stereocenters. The van der Waals surface area contributed by atoms with E-state index in [1.165, 1.54) is 0 Å². The van der Waals surface area contributed by atoms with Gasteiger partial charge in [0.25, 0.3) is 5.56 Å². The standard InChI is InChI=1S/C15H17N5O/c1-2-20-13-6-4-3-5-12(13)18-14(15(20)21)16-9-7-11-8-10-17-19-11/h3-6,8,10H,2,7,9H2,1H3,(H,16,18)(H,17,19). The molecule has 0 atom stereocenters. The summed E-state index contributed by atoms with van der Waals surface area (Å²) in [6.07, 6.45) is 2.48. The van der Waals surface area contributed by atoms with E-state index in [4.69, 9.17) is 0 Å². The lowest BCUT2D eigenvalue weighted by Crippen LogP contribution is -2.25. The molecule has 6 nitrogen and oxygen atoms in total. The fraction of sp³-hybridized carbons (Fsp3) is 0.267. The van der Waals surface area contributed by atoms with Crippen LogP contribution in [0.4, 0.5) is 5.82 Å². The van der Waals surface area contributed by atoms with Gasteiger partial charge in [-0.05, 0) is 25.1 Å². The average molecular weight is 283 g/mol. The third-order valence-corrected chi connectivity index (χ3v) is 3.41. The molecule has 2 aromatic heterocycles. The summed E-state index contributed by atoms with van der Waals surface area (Å²) >= 11 is 0. The van der Waals surface area contributed by atoms with Crippen molar-refractivity contribution in [2.45, 2.75) is 19.9 Å². The monoisotopic (exact) mass is 283 g/mol. The molecule has 6 heteroatoms. The predicted molar refractivity (Wildman–Crippen MR) is 82.5 cm³/mol. The SMILES string of the molecule is CCn1c(=O)c(NCCc2ccn[nH]2)nc2ccccc21. The van der Waals surface area contributed by atoms with Gasteiger partial charge in [0.05, 0.1) is 11.0 Å². The number of para-hydroxylation sites is 2. The van der Waals surface area contributed by atoms with Crippen LogP contribution in [0.5, 0.6) is 0 Å². The average Bonchev–Trinajstić information content (AvgIpc) is 3.01. The molecule has 0 amide bonds. The summed E-state index contributed by atoms with van der Waals surface area (Å²) in [5.41, 5.74) is 2.63. The van der Waals surface area contributed by atoms with Gasteiger partial charge in [-0.25, -0.2) is 4.98 Å². The number of nitrogens with one attached hydrogen (secondary N) is 2. The van der Waals surface area contributed by atoms with Crippen molar-refractivity contribution in [2.75, 3.05) is 11.9 Å². The molecule has 0 bridgehead atoms. The summed E-state index contributed by atoms with van der Waals surface area (Å²) in [4.78, 5) is 16.9. The zero-order valence-electron chi connectivity index (χ0n) is 11.8. The second kappa shape index (κ2) is 5.78. The second-order valence-corrected chi connectivity index (χ2v) is 4.76. The summed E-state index contributed by atoms with van der Waals surface area (Å²) in [7, 11) is 0. The lowest BCUT2D eigenvalue weighted by molar-refractivity contribution is 0.753. The van der Waals surface area contributed by atoms with Gasteiger partial charge in [0.15, 0.2) is 5.82 Å². The van der Waals surface area contributed by atoms with Crippen molar-refractivity contribution in [3.8, 4) is 0 Å². The third kappa shape index (κ3) is 2.65. The lowest BCUT2D eigenvalue weighted by atomic mass is 10.3. The van der Waals surface area contributed by atoms with Gasteiger partial charge in [-0.15, -0.1) is 0 Å². The molecule has 2 N–H and O–H groups in total. The molecule has 0 saturated carbocycles. The number of nitrogens with zero attached hydrogens (tertiary/aromatic N) is 3. The van der Waals surface area contributed by atoms with Gasteiger partial charge in [-0.1, -0.05) is 12.1 Å². The van der Waals surface area contributed by atoms with E-state index < -0.39 is 0 Å². The van der Waals surface area contributed by atoms with Crippen molar-refractivity contribution < 1.29 is 0 Å². The minimum absolute atomic E-state index is 0.0826. The Balaban J connectivity index is 1.88. The van der Waals surface area contributed by atoms with Crippen LogP contribution < -0.4 is 10.9 Å². The van der Waals surface area contributed by atoms with Crippen molar-refractivity contribution >= 4 is 16.9 Å². The van der Waals surface area contributed by atoms with Crippen LogP contribution in [0.25, 0.3) is 11.0 Å². The first-order chi connectivity index (χ1) is 10.3. The van der Waals surface area contributed by atoms with E-state index >= 15 is 0 Å². The van der Waals surface area contributed by atoms with Gasteiger partial charge in [-0.3, -0.25) is 9.89 Å². The van der Waals surface area contributed by atoms with Crippen molar-refractivity contribution in [3.05, 3.63) is 52.6 Å². The number of hydrogen-bond acceptors (Lipinski definition) is 4. The molecule has 108 valence electrons. The maximum Gasteiger partial charge on any atom is 0.293 e. The van der Waals surface area contributed by atoms with Crippen LogP contribution >= 0.6 is 0 Å². The topological polar surface area (TPSA) is 75.6 Å². The molecule has 0 aliphatic carbocycles. The van der Waals surface area contributed by atoms with Crippen LogP contribution in [0.2, 0.25) is 0 Å². The highest BCUT2D eigenvalue weighted by atomic mass is 16.1. The zero-order chi connectivity index (χ0) is 14.7. The largest absolute Gasteiger partial charge is 0.365 e. The minimum atomic E-state index is -0.0826. The molecule has 21 heavy (non-hydrogen) atoms. The Morgan fingerprint density at radius 1 is 1.29 bits per heavy atom. The predicted octanol–water partition coefficient (Wildman–Crippen LogP) is 1.79. The van der Waals surface area contributed by atoms with Crippen molar-refractivity contribution in [1.29, 1.82) is 0 Å². The number of anilines is 1. The first-order valence-corrected chi connectivity index (χ1v) is 7.01. The number of H-pyrrole nitrogens is 1. The van der Waals surface area contributed by atoms with E-state index in [2.05, 4.69) is 20.5 Å². The van der Waals surface area contributed by atoms with Crippen LogP contribution in [0.15, 0.2) is 41.3 Å². The smallest absolute Gasteiger partial charge is 0.293 e. The molecular formula is C15H17N5O. The maximum atomic E-state index is 12.4. The van der Waals surface area contributed by atoms with E-state index in [0.717, 1.165) is 23.1 Å².